The zero-order valence-corrected chi connectivity index (χ0v) is 15.2. The number of rotatable bonds is 6. The van der Waals surface area contributed by atoms with E-state index in [1.807, 2.05) is 18.2 Å². The van der Waals surface area contributed by atoms with Crippen LogP contribution in [0, 0.1) is 10.1 Å². The minimum Gasteiger partial charge on any atom is -0.422 e. The number of non-ortho nitro benzene ring substituents is 1. The number of hydrogen-bond acceptors (Lipinski definition) is 5. The summed E-state index contributed by atoms with van der Waals surface area (Å²) < 4.78 is 5.49. The Morgan fingerprint density at radius 1 is 1.04 bits per heavy atom. The van der Waals surface area contributed by atoms with Crippen LogP contribution in [-0.4, -0.2) is 18.0 Å². The highest BCUT2D eigenvalue weighted by atomic mass is 16.6. The summed E-state index contributed by atoms with van der Waals surface area (Å²) in [5.74, 6) is 0. The average molecular weight is 364 g/mol. The smallest absolute Gasteiger partial charge is 0.343 e. The number of hydrogen-bond donors (Lipinski definition) is 0. The zero-order chi connectivity index (χ0) is 19.4. The molecule has 0 aliphatic heterocycles. The number of benzene rings is 2. The van der Waals surface area contributed by atoms with Gasteiger partial charge in [-0.3, -0.25) is 10.1 Å². The summed E-state index contributed by atoms with van der Waals surface area (Å²) >= 11 is 0. The fourth-order valence-corrected chi connectivity index (χ4v) is 2.91. The first-order valence-corrected chi connectivity index (χ1v) is 8.77. The van der Waals surface area contributed by atoms with Gasteiger partial charge in [-0.1, -0.05) is 6.08 Å². The molecule has 0 saturated heterocycles. The summed E-state index contributed by atoms with van der Waals surface area (Å²) in [5, 5.41) is 11.5. The van der Waals surface area contributed by atoms with Gasteiger partial charge in [0, 0.05) is 42.4 Å². The van der Waals surface area contributed by atoms with Crippen LogP contribution >= 0.6 is 0 Å². The molecule has 0 N–H and O–H groups in total. The van der Waals surface area contributed by atoms with Crippen molar-refractivity contribution >= 4 is 34.5 Å². The molecule has 3 aromatic rings. The quantitative estimate of drug-likeness (QED) is 0.359. The molecule has 2 aromatic carbocycles. The summed E-state index contributed by atoms with van der Waals surface area (Å²) in [5.41, 5.74) is 2.37. The van der Waals surface area contributed by atoms with Crippen molar-refractivity contribution in [3.63, 3.8) is 0 Å². The van der Waals surface area contributed by atoms with Gasteiger partial charge in [-0.15, -0.1) is 0 Å². The first-order valence-electron chi connectivity index (χ1n) is 8.77. The predicted octanol–water partition coefficient (Wildman–Crippen LogP) is 4.72. The van der Waals surface area contributed by atoms with Crippen LogP contribution in [0.3, 0.4) is 0 Å². The first-order chi connectivity index (χ1) is 13.0. The summed E-state index contributed by atoms with van der Waals surface area (Å²) in [6.07, 6.45) is 3.39. The number of nitro benzene ring substituents is 1. The van der Waals surface area contributed by atoms with Gasteiger partial charge in [0.2, 0.25) is 0 Å². The highest BCUT2D eigenvalue weighted by Gasteiger charge is 2.07. The highest BCUT2D eigenvalue weighted by molar-refractivity contribution is 5.83. The Bertz CT molecular complexity index is 1050. The minimum absolute atomic E-state index is 0.0291. The van der Waals surface area contributed by atoms with Gasteiger partial charge in [-0.05, 0) is 55.8 Å². The molecular formula is C21H20N2O4. The van der Waals surface area contributed by atoms with Crippen LogP contribution in [0.1, 0.15) is 25.0 Å². The van der Waals surface area contributed by atoms with Gasteiger partial charge in [0.1, 0.15) is 5.58 Å². The molecule has 3 rings (SSSR count). The van der Waals surface area contributed by atoms with Crippen LogP contribution in [0.15, 0.2) is 57.7 Å². The van der Waals surface area contributed by atoms with Crippen LogP contribution in [0.25, 0.3) is 23.1 Å². The third-order valence-electron chi connectivity index (χ3n) is 4.43. The molecule has 0 atom stereocenters. The SMILES string of the molecule is CCN(CC)c1ccc2cc(C=Cc3ccc([N+](=O)[O-])cc3)c(=O)oc2c1. The lowest BCUT2D eigenvalue weighted by atomic mass is 10.1. The van der Waals surface area contributed by atoms with E-state index in [-0.39, 0.29) is 5.69 Å². The predicted molar refractivity (Wildman–Crippen MR) is 108 cm³/mol. The number of anilines is 1. The monoisotopic (exact) mass is 364 g/mol. The summed E-state index contributed by atoms with van der Waals surface area (Å²) in [6.45, 7) is 5.91. The van der Waals surface area contributed by atoms with Gasteiger partial charge in [-0.25, -0.2) is 4.79 Å². The van der Waals surface area contributed by atoms with Crippen molar-refractivity contribution in [3.05, 3.63) is 80.2 Å². The van der Waals surface area contributed by atoms with Crippen LogP contribution in [0.5, 0.6) is 0 Å². The van der Waals surface area contributed by atoms with E-state index in [4.69, 9.17) is 4.42 Å². The molecule has 0 fully saturated rings. The second-order valence-electron chi connectivity index (χ2n) is 6.07. The Morgan fingerprint density at radius 2 is 1.74 bits per heavy atom. The van der Waals surface area contributed by atoms with E-state index in [0.717, 1.165) is 29.7 Å². The van der Waals surface area contributed by atoms with Crippen LogP contribution in [-0.2, 0) is 0 Å². The zero-order valence-electron chi connectivity index (χ0n) is 15.2. The lowest BCUT2D eigenvalue weighted by Gasteiger charge is -2.20. The topological polar surface area (TPSA) is 76.6 Å². The molecular weight excluding hydrogens is 344 g/mol. The second kappa shape index (κ2) is 7.86. The van der Waals surface area contributed by atoms with E-state index in [1.54, 1.807) is 30.4 Å². The van der Waals surface area contributed by atoms with E-state index in [2.05, 4.69) is 18.7 Å². The maximum atomic E-state index is 12.3. The molecule has 6 nitrogen and oxygen atoms in total. The number of fused-ring (bicyclic) bond motifs is 1. The van der Waals surface area contributed by atoms with Crippen molar-refractivity contribution in [2.75, 3.05) is 18.0 Å². The van der Waals surface area contributed by atoms with E-state index in [1.165, 1.54) is 12.1 Å². The Hall–Kier alpha value is -3.41. The maximum Gasteiger partial charge on any atom is 0.343 e. The van der Waals surface area contributed by atoms with E-state index < -0.39 is 10.5 Å². The average Bonchev–Trinajstić information content (AvgIpc) is 2.67. The van der Waals surface area contributed by atoms with Gasteiger partial charge >= 0.3 is 5.63 Å². The standard InChI is InChI=1S/C21H20N2O4/c1-3-22(4-2)19-12-9-16-13-17(21(24)27-20(16)14-19)8-5-15-6-10-18(11-7-15)23(25)26/h5-14H,3-4H2,1-2H3. The molecule has 6 heteroatoms. The highest BCUT2D eigenvalue weighted by Crippen LogP contribution is 2.22. The van der Waals surface area contributed by atoms with Crippen molar-refractivity contribution in [1.82, 2.24) is 0 Å². The normalized spacial score (nSPS) is 11.2. The molecule has 0 saturated carbocycles. The van der Waals surface area contributed by atoms with Gasteiger partial charge in [0.15, 0.2) is 0 Å². The molecule has 1 heterocycles. The molecule has 0 aliphatic rings. The van der Waals surface area contributed by atoms with Crippen molar-refractivity contribution in [2.24, 2.45) is 0 Å². The molecule has 0 unspecified atom stereocenters. The van der Waals surface area contributed by atoms with Crippen molar-refractivity contribution in [3.8, 4) is 0 Å². The fourth-order valence-electron chi connectivity index (χ4n) is 2.91. The van der Waals surface area contributed by atoms with Gasteiger partial charge < -0.3 is 9.32 Å². The van der Waals surface area contributed by atoms with Crippen molar-refractivity contribution in [1.29, 1.82) is 0 Å². The van der Waals surface area contributed by atoms with Gasteiger partial charge in [-0.2, -0.15) is 0 Å². The molecule has 0 radical (unpaired) electrons. The van der Waals surface area contributed by atoms with E-state index in [0.29, 0.717) is 11.1 Å². The van der Waals surface area contributed by atoms with Crippen LogP contribution in [0.2, 0.25) is 0 Å². The largest absolute Gasteiger partial charge is 0.422 e. The summed E-state index contributed by atoms with van der Waals surface area (Å²) in [6, 6.07) is 13.7. The minimum atomic E-state index is -0.447. The molecule has 0 amide bonds. The summed E-state index contributed by atoms with van der Waals surface area (Å²) in [4.78, 5) is 24.7. The third kappa shape index (κ3) is 4.06. The Balaban J connectivity index is 1.91. The Kier molecular flexibility index (Phi) is 5.35. The maximum absolute atomic E-state index is 12.3. The molecule has 0 spiro atoms. The first kappa shape index (κ1) is 18.4. The third-order valence-corrected chi connectivity index (χ3v) is 4.43. The number of nitrogens with zero attached hydrogens (tertiary/aromatic N) is 2. The Morgan fingerprint density at radius 3 is 2.37 bits per heavy atom. The van der Waals surface area contributed by atoms with Gasteiger partial charge in [0.25, 0.3) is 5.69 Å². The fraction of sp³-hybridized carbons (Fsp3) is 0.190. The van der Waals surface area contributed by atoms with E-state index in [9.17, 15) is 14.9 Å². The molecule has 138 valence electrons. The molecule has 27 heavy (non-hydrogen) atoms. The van der Waals surface area contributed by atoms with Crippen LogP contribution < -0.4 is 10.5 Å². The van der Waals surface area contributed by atoms with Crippen LogP contribution in [0.4, 0.5) is 11.4 Å². The van der Waals surface area contributed by atoms with Crippen molar-refractivity contribution in [2.45, 2.75) is 13.8 Å². The Labute approximate surface area is 156 Å². The van der Waals surface area contributed by atoms with E-state index >= 15 is 0 Å². The van der Waals surface area contributed by atoms with Crippen molar-refractivity contribution < 1.29 is 9.34 Å². The molecule has 0 bridgehead atoms. The molecule has 1 aromatic heterocycles. The number of nitro groups is 1. The second-order valence-corrected chi connectivity index (χ2v) is 6.07. The van der Waals surface area contributed by atoms with Gasteiger partial charge in [0.05, 0.1) is 10.5 Å². The molecule has 0 aliphatic carbocycles. The lowest BCUT2D eigenvalue weighted by molar-refractivity contribution is -0.384. The lowest BCUT2D eigenvalue weighted by Crippen LogP contribution is -2.21. The summed E-state index contributed by atoms with van der Waals surface area (Å²) in [7, 11) is 0.